The number of benzene rings is 3. The normalized spacial score (nSPS) is 20.4. The first-order chi connectivity index (χ1) is 29.7. The topological polar surface area (TPSA) is 165 Å². The van der Waals surface area contributed by atoms with Crippen molar-refractivity contribution >= 4 is 62.6 Å². The number of anilines is 2. The van der Waals surface area contributed by atoms with Crippen molar-refractivity contribution in [2.24, 2.45) is 5.41 Å². The van der Waals surface area contributed by atoms with Gasteiger partial charge >= 0.3 is 12.0 Å². The zero-order chi connectivity index (χ0) is 43.5. The number of β-amino-alcohol motifs (C(OH)–C–C–N with tert-alkyl or cyclic N) is 1. The summed E-state index contributed by atoms with van der Waals surface area (Å²) in [6.45, 7) is 5.81. The SMILES string of the molecule is C#Cc1c(F)ccc2cc(O)cc(-c3ncc4c(N5CCC[C@@](C)(O)C5)nc(OCC5(CN6CCN(C(=O)c7ccc(Cl)c(N8CCC(=O)NC8=O)c7)CC6)CC5)nc4c3F)c12. The lowest BCUT2D eigenvalue weighted by Gasteiger charge is -2.38. The lowest BCUT2D eigenvalue weighted by atomic mass is 9.94. The highest BCUT2D eigenvalue weighted by Crippen LogP contribution is 2.47. The molecule has 2 aromatic heterocycles. The fourth-order valence-electron chi connectivity index (χ4n) is 8.82. The van der Waals surface area contributed by atoms with Crippen LogP contribution in [0, 0.1) is 29.4 Å². The predicted octanol–water partition coefficient (Wildman–Crippen LogP) is 5.88. The number of nitrogens with one attached hydrogen (secondary N) is 1. The zero-order valence-corrected chi connectivity index (χ0v) is 34.6. The van der Waals surface area contributed by atoms with Gasteiger partial charge in [-0.3, -0.25) is 29.7 Å². The largest absolute Gasteiger partial charge is 0.508 e. The molecule has 4 aliphatic rings. The number of piperazine rings is 1. The Morgan fingerprint density at radius 1 is 1.03 bits per heavy atom. The number of hydrogen-bond acceptors (Lipinski definition) is 11. The van der Waals surface area contributed by atoms with Gasteiger partial charge in [0.1, 0.15) is 28.6 Å². The van der Waals surface area contributed by atoms with Crippen molar-refractivity contribution in [3.05, 3.63) is 76.4 Å². The molecule has 0 spiro atoms. The number of urea groups is 1. The molecule has 3 aromatic carbocycles. The lowest BCUT2D eigenvalue weighted by Crippen LogP contribution is -2.50. The van der Waals surface area contributed by atoms with Gasteiger partial charge in [-0.25, -0.2) is 13.6 Å². The molecular weight excluding hydrogens is 822 g/mol. The van der Waals surface area contributed by atoms with Crippen LogP contribution in [0.15, 0.2) is 48.7 Å². The predicted molar refractivity (Wildman–Crippen MR) is 228 cm³/mol. The summed E-state index contributed by atoms with van der Waals surface area (Å²) in [4.78, 5) is 58.9. The number of aromatic hydroxyl groups is 1. The number of aliphatic hydroxyl groups is 1. The van der Waals surface area contributed by atoms with Crippen molar-refractivity contribution < 1.29 is 38.1 Å². The van der Waals surface area contributed by atoms with E-state index in [0.717, 1.165) is 12.8 Å². The van der Waals surface area contributed by atoms with E-state index in [9.17, 15) is 29.0 Å². The lowest BCUT2D eigenvalue weighted by molar-refractivity contribution is -0.120. The highest BCUT2D eigenvalue weighted by Gasteiger charge is 2.46. The third-order valence-corrected chi connectivity index (χ3v) is 12.6. The number of nitrogens with zero attached hydrogens (tertiary/aromatic N) is 7. The number of phenols is 1. The zero-order valence-electron chi connectivity index (χ0n) is 33.9. The van der Waals surface area contributed by atoms with E-state index < -0.39 is 23.3 Å². The molecule has 17 heteroatoms. The van der Waals surface area contributed by atoms with Crippen molar-refractivity contribution in [1.82, 2.24) is 30.1 Å². The Bertz CT molecular complexity index is 2720. The number of fused-ring (bicyclic) bond motifs is 2. The minimum absolute atomic E-state index is 0.0532. The molecule has 5 heterocycles. The summed E-state index contributed by atoms with van der Waals surface area (Å²) < 4.78 is 38.3. The molecule has 320 valence electrons. The van der Waals surface area contributed by atoms with Crippen LogP contribution in [0.25, 0.3) is 32.9 Å². The Kier molecular flexibility index (Phi) is 10.6. The van der Waals surface area contributed by atoms with Crippen LogP contribution in [0.2, 0.25) is 5.02 Å². The Labute approximate surface area is 360 Å². The van der Waals surface area contributed by atoms with E-state index in [2.05, 4.69) is 26.1 Å². The van der Waals surface area contributed by atoms with Gasteiger partial charge in [0, 0.05) is 86.9 Å². The second-order valence-corrected chi connectivity index (χ2v) is 17.4. The van der Waals surface area contributed by atoms with Crippen LogP contribution in [0.1, 0.15) is 54.9 Å². The number of imide groups is 1. The quantitative estimate of drug-likeness (QED) is 0.152. The van der Waals surface area contributed by atoms with Crippen molar-refractivity contribution in [2.75, 3.05) is 68.8 Å². The first kappa shape index (κ1) is 41.2. The molecule has 0 bridgehead atoms. The van der Waals surface area contributed by atoms with Crippen LogP contribution in [0.4, 0.5) is 25.1 Å². The third-order valence-electron chi connectivity index (χ3n) is 12.3. The smallest absolute Gasteiger partial charge is 0.328 e. The molecule has 5 aromatic rings. The maximum absolute atomic E-state index is 17.0. The van der Waals surface area contributed by atoms with Gasteiger partial charge in [-0.05, 0) is 74.4 Å². The molecule has 62 heavy (non-hydrogen) atoms. The van der Waals surface area contributed by atoms with Crippen molar-refractivity contribution in [2.45, 2.75) is 44.6 Å². The maximum Gasteiger partial charge on any atom is 0.328 e. The Morgan fingerprint density at radius 3 is 2.55 bits per heavy atom. The number of terminal acetylenes is 1. The molecule has 4 amide bonds. The molecule has 0 unspecified atom stereocenters. The van der Waals surface area contributed by atoms with Gasteiger partial charge in [0.25, 0.3) is 5.91 Å². The second kappa shape index (κ2) is 16.0. The monoisotopic (exact) mass is 864 g/mol. The number of carbonyl (C=O) groups excluding carboxylic acids is 3. The molecular formula is C45H43ClF2N8O6. The van der Waals surface area contributed by atoms with Crippen LogP contribution in [-0.4, -0.2) is 117 Å². The first-order valence-electron chi connectivity index (χ1n) is 20.5. The number of ether oxygens (including phenoxy) is 1. The Hall–Kier alpha value is -6.15. The minimum atomic E-state index is -1.02. The van der Waals surface area contributed by atoms with Gasteiger partial charge in [0.05, 0.1) is 33.9 Å². The number of amides is 4. The average Bonchev–Trinajstić information content (AvgIpc) is 4.02. The standard InChI is InChI=1S/C45H43ClF2N8O6/c1-3-29-33(47)8-6-26-19-28(57)21-30(36(26)29)38-37(48)39-31(22-49-38)40(55-13-4-10-44(2,61)23-55)52-42(51-39)62-25-45(11-12-45)24-53-15-17-54(18-16-53)41(59)27-5-7-32(46)34(20-27)56-14-9-35(58)50-43(56)60/h1,5-8,19-22,57,61H,4,9-18,23-25H2,2H3,(H,50,58,60)/t44-/m1/s1. The summed E-state index contributed by atoms with van der Waals surface area (Å²) in [6.07, 6.45) is 10.3. The highest BCUT2D eigenvalue weighted by atomic mass is 35.5. The van der Waals surface area contributed by atoms with Crippen LogP contribution < -0.4 is 19.9 Å². The molecule has 3 aliphatic heterocycles. The Morgan fingerprint density at radius 2 is 1.82 bits per heavy atom. The summed E-state index contributed by atoms with van der Waals surface area (Å²) in [5, 5.41) is 25.1. The number of piperidine rings is 1. The Balaban J connectivity index is 0.938. The molecule has 4 fully saturated rings. The number of rotatable bonds is 9. The van der Waals surface area contributed by atoms with E-state index in [0.29, 0.717) is 85.0 Å². The summed E-state index contributed by atoms with van der Waals surface area (Å²) in [6, 6.07) is 9.53. The molecule has 1 atom stereocenters. The summed E-state index contributed by atoms with van der Waals surface area (Å²) in [5.41, 5.74) is -0.774. The molecule has 1 aliphatic carbocycles. The summed E-state index contributed by atoms with van der Waals surface area (Å²) in [5.74, 6) is 0.466. The van der Waals surface area contributed by atoms with Gasteiger partial charge < -0.3 is 24.7 Å². The molecule has 14 nitrogen and oxygen atoms in total. The van der Waals surface area contributed by atoms with Crippen LogP contribution in [0.5, 0.6) is 11.8 Å². The van der Waals surface area contributed by atoms with E-state index in [1.807, 2.05) is 4.90 Å². The number of hydrogen-bond donors (Lipinski definition) is 3. The van der Waals surface area contributed by atoms with Crippen molar-refractivity contribution in [3.8, 4) is 35.4 Å². The number of pyridine rings is 1. The molecule has 9 rings (SSSR count). The van der Waals surface area contributed by atoms with E-state index in [4.69, 9.17) is 27.7 Å². The van der Waals surface area contributed by atoms with Gasteiger partial charge in [-0.15, -0.1) is 6.42 Å². The van der Waals surface area contributed by atoms with Crippen molar-refractivity contribution in [1.29, 1.82) is 0 Å². The third kappa shape index (κ3) is 7.92. The number of carbonyl (C=O) groups is 3. The molecule has 3 saturated heterocycles. The van der Waals surface area contributed by atoms with Gasteiger partial charge in [-0.1, -0.05) is 23.6 Å². The van der Waals surface area contributed by atoms with Gasteiger partial charge in [-0.2, -0.15) is 9.97 Å². The van der Waals surface area contributed by atoms with E-state index in [1.165, 1.54) is 35.4 Å². The second-order valence-electron chi connectivity index (χ2n) is 17.0. The van der Waals surface area contributed by atoms with Crippen molar-refractivity contribution in [3.63, 3.8) is 0 Å². The molecule has 1 saturated carbocycles. The van der Waals surface area contributed by atoms with Gasteiger partial charge in [0.2, 0.25) is 5.91 Å². The maximum atomic E-state index is 17.0. The fraction of sp³-hybridized carbons (Fsp3) is 0.378. The number of aromatic nitrogens is 3. The molecule has 0 radical (unpaired) electrons. The number of halogens is 3. The van der Waals surface area contributed by atoms with Crippen LogP contribution >= 0.6 is 11.6 Å². The average molecular weight is 865 g/mol. The van der Waals surface area contributed by atoms with E-state index in [-0.39, 0.29) is 82.8 Å². The van der Waals surface area contributed by atoms with E-state index >= 15 is 4.39 Å². The van der Waals surface area contributed by atoms with E-state index in [1.54, 1.807) is 30.0 Å². The number of phenolic OH excluding ortho intramolecular Hbond substituents is 1. The fourth-order valence-corrected chi connectivity index (χ4v) is 9.04. The first-order valence-corrected chi connectivity index (χ1v) is 20.9. The minimum Gasteiger partial charge on any atom is -0.508 e. The van der Waals surface area contributed by atoms with Crippen LogP contribution in [0.3, 0.4) is 0 Å². The summed E-state index contributed by atoms with van der Waals surface area (Å²) in [7, 11) is 0. The summed E-state index contributed by atoms with van der Waals surface area (Å²) >= 11 is 6.41. The highest BCUT2D eigenvalue weighted by molar-refractivity contribution is 6.34. The van der Waals surface area contributed by atoms with Crippen LogP contribution in [-0.2, 0) is 4.79 Å². The van der Waals surface area contributed by atoms with Gasteiger partial charge in [0.15, 0.2) is 5.82 Å². The molecule has 3 N–H and O–H groups in total.